The van der Waals surface area contributed by atoms with Crippen LogP contribution in [0.5, 0.6) is 0 Å². The van der Waals surface area contributed by atoms with Gasteiger partial charge < -0.3 is 4.74 Å². The van der Waals surface area contributed by atoms with Crippen LogP contribution in [0, 0.1) is 6.92 Å². The molecule has 3 aromatic rings. The molecule has 0 amide bonds. The second kappa shape index (κ2) is 8.80. The SMILES string of the molecule is CCCCCOC(=O)Cn1cnc2sc(C)c(-c3ccc(Br)cc3)c2c1=O. The number of ether oxygens (including phenoxy) is 1. The van der Waals surface area contributed by atoms with E-state index in [0.29, 0.717) is 16.8 Å². The number of hydrogen-bond donors (Lipinski definition) is 0. The maximum atomic E-state index is 13.0. The molecule has 0 atom stereocenters. The molecule has 27 heavy (non-hydrogen) atoms. The van der Waals surface area contributed by atoms with Gasteiger partial charge >= 0.3 is 5.97 Å². The Morgan fingerprint density at radius 1 is 1.26 bits per heavy atom. The van der Waals surface area contributed by atoms with Crippen molar-refractivity contribution in [3.63, 3.8) is 0 Å². The van der Waals surface area contributed by atoms with Gasteiger partial charge in [-0.1, -0.05) is 47.8 Å². The average Bonchev–Trinajstić information content (AvgIpc) is 2.99. The van der Waals surface area contributed by atoms with Crippen molar-refractivity contribution in [2.24, 2.45) is 0 Å². The van der Waals surface area contributed by atoms with Crippen LogP contribution in [-0.4, -0.2) is 22.1 Å². The lowest BCUT2D eigenvalue weighted by Crippen LogP contribution is -2.25. The van der Waals surface area contributed by atoms with E-state index in [1.54, 1.807) is 0 Å². The van der Waals surface area contributed by atoms with E-state index < -0.39 is 5.97 Å². The van der Waals surface area contributed by atoms with Crippen molar-refractivity contribution in [2.75, 3.05) is 6.61 Å². The summed E-state index contributed by atoms with van der Waals surface area (Å²) in [6.45, 7) is 4.34. The predicted octanol–water partition coefficient (Wildman–Crippen LogP) is 4.93. The largest absolute Gasteiger partial charge is 0.464 e. The van der Waals surface area contributed by atoms with Gasteiger partial charge in [0.25, 0.3) is 5.56 Å². The first-order chi connectivity index (χ1) is 13.0. The Morgan fingerprint density at radius 3 is 2.70 bits per heavy atom. The van der Waals surface area contributed by atoms with Crippen molar-refractivity contribution >= 4 is 43.5 Å². The summed E-state index contributed by atoms with van der Waals surface area (Å²) in [4.78, 5) is 31.2. The minimum atomic E-state index is -0.411. The zero-order valence-corrected chi connectivity index (χ0v) is 17.7. The second-order valence-corrected chi connectivity index (χ2v) is 8.44. The molecular weight excluding hydrogens is 428 g/mol. The van der Waals surface area contributed by atoms with E-state index >= 15 is 0 Å². The van der Waals surface area contributed by atoms with E-state index in [0.717, 1.165) is 39.7 Å². The average molecular weight is 449 g/mol. The third-order valence-corrected chi connectivity index (χ3v) is 5.84. The zero-order valence-electron chi connectivity index (χ0n) is 15.3. The van der Waals surface area contributed by atoms with Gasteiger partial charge in [0.05, 0.1) is 18.3 Å². The number of rotatable bonds is 7. The summed E-state index contributed by atoms with van der Waals surface area (Å²) in [5.41, 5.74) is 1.62. The molecule has 2 heterocycles. The summed E-state index contributed by atoms with van der Waals surface area (Å²) in [5, 5.41) is 0.557. The molecule has 0 radical (unpaired) electrons. The van der Waals surface area contributed by atoms with Gasteiger partial charge in [0, 0.05) is 14.9 Å². The molecular formula is C20H21BrN2O3S. The highest BCUT2D eigenvalue weighted by molar-refractivity contribution is 9.10. The summed E-state index contributed by atoms with van der Waals surface area (Å²) >= 11 is 4.92. The number of unbranched alkanes of at least 4 members (excludes halogenated alkanes) is 2. The minimum Gasteiger partial charge on any atom is -0.464 e. The molecule has 2 aromatic heterocycles. The molecule has 0 fully saturated rings. The number of hydrogen-bond acceptors (Lipinski definition) is 5. The molecule has 0 unspecified atom stereocenters. The van der Waals surface area contributed by atoms with Crippen molar-refractivity contribution in [1.29, 1.82) is 0 Å². The van der Waals surface area contributed by atoms with Crippen LogP contribution in [0.15, 0.2) is 39.9 Å². The van der Waals surface area contributed by atoms with Crippen molar-refractivity contribution in [3.05, 3.63) is 50.3 Å². The van der Waals surface area contributed by atoms with Gasteiger partial charge in [-0.3, -0.25) is 14.2 Å². The Bertz CT molecular complexity index is 1010. The number of thiophene rings is 1. The molecule has 5 nitrogen and oxygen atoms in total. The van der Waals surface area contributed by atoms with Crippen LogP contribution in [0.1, 0.15) is 31.1 Å². The Morgan fingerprint density at radius 2 is 2.00 bits per heavy atom. The first-order valence-corrected chi connectivity index (χ1v) is 10.5. The van der Waals surface area contributed by atoms with E-state index in [-0.39, 0.29) is 12.1 Å². The number of carbonyl (C=O) groups is 1. The zero-order chi connectivity index (χ0) is 19.4. The van der Waals surface area contributed by atoms with Gasteiger partial charge in [0.15, 0.2) is 0 Å². The maximum absolute atomic E-state index is 13.0. The number of benzene rings is 1. The Labute approximate surface area is 170 Å². The maximum Gasteiger partial charge on any atom is 0.326 e. The van der Waals surface area contributed by atoms with Crippen LogP contribution in [0.2, 0.25) is 0 Å². The van der Waals surface area contributed by atoms with Gasteiger partial charge in [-0.15, -0.1) is 11.3 Å². The normalized spacial score (nSPS) is 11.1. The summed E-state index contributed by atoms with van der Waals surface area (Å²) < 4.78 is 7.53. The van der Waals surface area contributed by atoms with Crippen LogP contribution in [-0.2, 0) is 16.1 Å². The van der Waals surface area contributed by atoms with E-state index in [2.05, 4.69) is 27.8 Å². The number of carbonyl (C=O) groups excluding carboxylic acids is 1. The molecule has 0 aliphatic carbocycles. The summed E-state index contributed by atoms with van der Waals surface area (Å²) in [6.07, 6.45) is 4.35. The predicted molar refractivity (Wildman–Crippen MR) is 112 cm³/mol. The molecule has 0 spiro atoms. The number of aromatic nitrogens is 2. The van der Waals surface area contributed by atoms with Crippen molar-refractivity contribution in [3.8, 4) is 11.1 Å². The molecule has 0 N–H and O–H groups in total. The fraction of sp³-hybridized carbons (Fsp3) is 0.350. The van der Waals surface area contributed by atoms with E-state index in [1.165, 1.54) is 22.2 Å². The Hall–Kier alpha value is -1.99. The third kappa shape index (κ3) is 4.47. The van der Waals surface area contributed by atoms with Crippen LogP contribution >= 0.6 is 27.3 Å². The lowest BCUT2D eigenvalue weighted by Gasteiger charge is -2.07. The van der Waals surface area contributed by atoms with E-state index in [1.807, 2.05) is 31.2 Å². The lowest BCUT2D eigenvalue weighted by molar-refractivity contribution is -0.144. The van der Waals surface area contributed by atoms with Gasteiger partial charge in [-0.2, -0.15) is 0 Å². The first kappa shape index (κ1) is 19.8. The standard InChI is InChI=1S/C20H21BrN2O3S/c1-3-4-5-10-26-16(24)11-23-12-22-19-18(20(23)25)17(13(2)27-19)14-6-8-15(21)9-7-14/h6-9,12H,3-5,10-11H2,1-2H3. The highest BCUT2D eigenvalue weighted by Gasteiger charge is 2.18. The highest BCUT2D eigenvalue weighted by atomic mass is 79.9. The van der Waals surface area contributed by atoms with Crippen molar-refractivity contribution < 1.29 is 9.53 Å². The fourth-order valence-electron chi connectivity index (χ4n) is 2.94. The molecule has 0 aliphatic rings. The van der Waals surface area contributed by atoms with Gasteiger partial charge in [-0.25, -0.2) is 4.98 Å². The third-order valence-electron chi connectivity index (χ3n) is 4.30. The quantitative estimate of drug-likeness (QED) is 0.379. The van der Waals surface area contributed by atoms with E-state index in [9.17, 15) is 9.59 Å². The first-order valence-electron chi connectivity index (χ1n) is 8.91. The highest BCUT2D eigenvalue weighted by Crippen LogP contribution is 2.35. The molecule has 0 aliphatic heterocycles. The van der Waals surface area contributed by atoms with Gasteiger partial charge in [-0.05, 0) is 31.0 Å². The Kier molecular flexibility index (Phi) is 6.44. The molecule has 1 aromatic carbocycles. The Balaban J connectivity index is 1.92. The fourth-order valence-corrected chi connectivity index (χ4v) is 4.20. The number of aryl methyl sites for hydroxylation is 1. The van der Waals surface area contributed by atoms with Crippen LogP contribution in [0.4, 0.5) is 0 Å². The monoisotopic (exact) mass is 448 g/mol. The van der Waals surface area contributed by atoms with Crippen molar-refractivity contribution in [2.45, 2.75) is 39.7 Å². The number of esters is 1. The van der Waals surface area contributed by atoms with Gasteiger partial charge in [0.1, 0.15) is 11.4 Å². The van der Waals surface area contributed by atoms with Crippen molar-refractivity contribution in [1.82, 2.24) is 9.55 Å². The molecule has 3 rings (SSSR count). The number of fused-ring (bicyclic) bond motifs is 1. The number of halogens is 1. The van der Waals surface area contributed by atoms with Gasteiger partial charge in [0.2, 0.25) is 0 Å². The second-order valence-electron chi connectivity index (χ2n) is 6.33. The lowest BCUT2D eigenvalue weighted by atomic mass is 10.0. The summed E-state index contributed by atoms with van der Waals surface area (Å²) in [5.74, 6) is -0.411. The van der Waals surface area contributed by atoms with Crippen LogP contribution in [0.25, 0.3) is 21.3 Å². The summed E-state index contributed by atoms with van der Waals surface area (Å²) in [7, 11) is 0. The molecule has 7 heteroatoms. The topological polar surface area (TPSA) is 61.2 Å². The molecule has 0 saturated heterocycles. The molecule has 0 saturated carbocycles. The minimum absolute atomic E-state index is 0.122. The van der Waals surface area contributed by atoms with Crippen LogP contribution in [0.3, 0.4) is 0 Å². The van der Waals surface area contributed by atoms with E-state index in [4.69, 9.17) is 4.74 Å². The molecule has 0 bridgehead atoms. The number of nitrogens with zero attached hydrogens (tertiary/aromatic N) is 2. The molecule has 142 valence electrons. The van der Waals surface area contributed by atoms with Crippen LogP contribution < -0.4 is 5.56 Å². The smallest absolute Gasteiger partial charge is 0.326 e. The summed E-state index contributed by atoms with van der Waals surface area (Å²) in [6, 6.07) is 7.83.